The average molecular weight is 366 g/mol. The van der Waals surface area contributed by atoms with Crippen LogP contribution in [0.1, 0.15) is 16.8 Å². The predicted octanol–water partition coefficient (Wildman–Crippen LogP) is 1.46. The molecular formula is C15H16BrN3O3. The van der Waals surface area contributed by atoms with Gasteiger partial charge in [0, 0.05) is 34.2 Å². The molecule has 2 heterocycles. The molecule has 1 aliphatic heterocycles. The molecule has 0 radical (unpaired) electrons. The van der Waals surface area contributed by atoms with Crippen molar-refractivity contribution >= 4 is 38.3 Å². The van der Waals surface area contributed by atoms with Crippen LogP contribution in [0.5, 0.6) is 0 Å². The molecule has 3 rings (SSSR count). The number of rotatable bonds is 2. The number of ether oxygens (including phenoxy) is 1. The van der Waals surface area contributed by atoms with Gasteiger partial charge in [0.15, 0.2) is 0 Å². The number of hydrogen-bond donors (Lipinski definition) is 3. The minimum Gasteiger partial charge on any atom is -0.398 e. The third-order valence-electron chi connectivity index (χ3n) is 3.82. The maximum Gasteiger partial charge on any atom is 0.253 e. The first-order valence-electron chi connectivity index (χ1n) is 6.96. The summed E-state index contributed by atoms with van der Waals surface area (Å²) in [6, 6.07) is 3.13. The predicted molar refractivity (Wildman–Crippen MR) is 86.6 cm³/mol. The molecule has 1 saturated heterocycles. The molecule has 0 unspecified atom stereocenters. The Morgan fingerprint density at radius 2 is 2.32 bits per heavy atom. The Kier molecular flexibility index (Phi) is 4.28. The van der Waals surface area contributed by atoms with Crippen molar-refractivity contribution in [1.82, 2.24) is 10.3 Å². The van der Waals surface area contributed by atoms with E-state index in [0.29, 0.717) is 24.3 Å². The fourth-order valence-electron chi connectivity index (χ4n) is 2.57. The van der Waals surface area contributed by atoms with Crippen LogP contribution in [0.3, 0.4) is 0 Å². The Hall–Kier alpha value is -1.70. The van der Waals surface area contributed by atoms with Crippen LogP contribution in [0.25, 0.3) is 10.8 Å². The van der Waals surface area contributed by atoms with Gasteiger partial charge in [0.25, 0.3) is 5.91 Å². The van der Waals surface area contributed by atoms with Crippen molar-refractivity contribution in [2.24, 2.45) is 0 Å². The lowest BCUT2D eigenvalue weighted by Crippen LogP contribution is -2.48. The van der Waals surface area contributed by atoms with Gasteiger partial charge < -0.3 is 20.9 Å². The second kappa shape index (κ2) is 6.20. The molecule has 4 N–H and O–H groups in total. The van der Waals surface area contributed by atoms with E-state index in [9.17, 15) is 9.90 Å². The molecule has 116 valence electrons. The molecular weight excluding hydrogens is 350 g/mol. The van der Waals surface area contributed by atoms with Crippen molar-refractivity contribution in [3.63, 3.8) is 0 Å². The number of nitrogen functional groups attached to an aromatic ring is 1. The second-order valence-corrected chi connectivity index (χ2v) is 6.11. The van der Waals surface area contributed by atoms with Gasteiger partial charge in [-0.15, -0.1) is 0 Å². The summed E-state index contributed by atoms with van der Waals surface area (Å²) in [4.78, 5) is 16.6. The number of fused-ring (bicyclic) bond motifs is 1. The van der Waals surface area contributed by atoms with Crippen LogP contribution in [0.4, 0.5) is 5.69 Å². The molecule has 0 bridgehead atoms. The molecule has 0 aliphatic carbocycles. The maximum atomic E-state index is 12.5. The number of anilines is 1. The number of nitrogens with zero attached hydrogens (tertiary/aromatic N) is 1. The molecule has 1 aliphatic rings. The number of nitrogens with one attached hydrogen (secondary N) is 1. The van der Waals surface area contributed by atoms with Crippen LogP contribution < -0.4 is 11.1 Å². The van der Waals surface area contributed by atoms with E-state index in [2.05, 4.69) is 26.2 Å². The number of benzene rings is 1. The molecule has 1 aromatic heterocycles. The van der Waals surface area contributed by atoms with E-state index in [0.717, 1.165) is 15.2 Å². The van der Waals surface area contributed by atoms with E-state index in [1.807, 2.05) is 0 Å². The smallest absolute Gasteiger partial charge is 0.253 e. The topological polar surface area (TPSA) is 97.5 Å². The third-order valence-corrected chi connectivity index (χ3v) is 4.47. The Balaban J connectivity index is 1.92. The van der Waals surface area contributed by atoms with E-state index in [1.54, 1.807) is 24.5 Å². The van der Waals surface area contributed by atoms with Crippen molar-refractivity contribution < 1.29 is 14.6 Å². The van der Waals surface area contributed by atoms with E-state index in [-0.39, 0.29) is 18.6 Å². The molecule has 22 heavy (non-hydrogen) atoms. The van der Waals surface area contributed by atoms with Crippen LogP contribution in [0, 0.1) is 0 Å². The van der Waals surface area contributed by atoms with Crippen molar-refractivity contribution in [3.05, 3.63) is 34.6 Å². The van der Waals surface area contributed by atoms with Gasteiger partial charge >= 0.3 is 0 Å². The van der Waals surface area contributed by atoms with Gasteiger partial charge in [0.2, 0.25) is 0 Å². The van der Waals surface area contributed by atoms with Gasteiger partial charge in [-0.05, 0) is 18.6 Å². The number of pyridine rings is 1. The number of nitrogens with two attached hydrogens (primary N) is 1. The maximum absolute atomic E-state index is 12.5. The van der Waals surface area contributed by atoms with E-state index < -0.39 is 6.10 Å². The van der Waals surface area contributed by atoms with E-state index in [1.165, 1.54) is 0 Å². The average Bonchev–Trinajstić information content (AvgIpc) is 2.53. The summed E-state index contributed by atoms with van der Waals surface area (Å²) in [6.45, 7) is 0.748. The molecule has 1 amide bonds. The summed E-state index contributed by atoms with van der Waals surface area (Å²) in [6.07, 6.45) is 3.20. The minimum absolute atomic E-state index is 0.230. The zero-order chi connectivity index (χ0) is 15.7. The zero-order valence-corrected chi connectivity index (χ0v) is 13.3. The number of aromatic nitrogens is 1. The monoisotopic (exact) mass is 365 g/mol. The van der Waals surface area contributed by atoms with Gasteiger partial charge in [-0.1, -0.05) is 15.9 Å². The van der Waals surface area contributed by atoms with Gasteiger partial charge in [0.05, 0.1) is 30.0 Å². The van der Waals surface area contributed by atoms with E-state index >= 15 is 0 Å². The van der Waals surface area contributed by atoms with Gasteiger partial charge in [-0.2, -0.15) is 0 Å². The molecule has 7 heteroatoms. The Morgan fingerprint density at radius 3 is 3.09 bits per heavy atom. The van der Waals surface area contributed by atoms with Crippen molar-refractivity contribution in [2.45, 2.75) is 18.6 Å². The normalized spacial score (nSPS) is 21.7. The Bertz CT molecular complexity index is 722. The fourth-order valence-corrected chi connectivity index (χ4v) is 3.12. The Labute approximate surface area is 135 Å². The highest BCUT2D eigenvalue weighted by Gasteiger charge is 2.26. The van der Waals surface area contributed by atoms with Crippen LogP contribution in [0.2, 0.25) is 0 Å². The highest BCUT2D eigenvalue weighted by atomic mass is 79.9. The Morgan fingerprint density at radius 1 is 1.50 bits per heavy atom. The first-order chi connectivity index (χ1) is 10.6. The van der Waals surface area contributed by atoms with Crippen LogP contribution in [0.15, 0.2) is 29.0 Å². The number of amides is 1. The number of carbonyl (C=O) groups is 1. The van der Waals surface area contributed by atoms with Crippen molar-refractivity contribution in [3.8, 4) is 0 Å². The van der Waals surface area contributed by atoms with Crippen molar-refractivity contribution in [1.29, 1.82) is 0 Å². The SMILES string of the molecule is Nc1c(C(=O)N[C@H]2CCOC[C@@H]2O)cc(Br)c2cnccc12. The summed E-state index contributed by atoms with van der Waals surface area (Å²) >= 11 is 3.44. The minimum atomic E-state index is -0.702. The van der Waals surface area contributed by atoms with Crippen LogP contribution >= 0.6 is 15.9 Å². The highest BCUT2D eigenvalue weighted by Crippen LogP contribution is 2.31. The van der Waals surface area contributed by atoms with Gasteiger partial charge in [-0.25, -0.2) is 0 Å². The molecule has 0 spiro atoms. The fraction of sp³-hybridized carbons (Fsp3) is 0.333. The second-order valence-electron chi connectivity index (χ2n) is 5.25. The molecule has 1 aromatic carbocycles. The number of hydrogen-bond acceptors (Lipinski definition) is 5. The van der Waals surface area contributed by atoms with E-state index in [4.69, 9.17) is 10.5 Å². The first kappa shape index (κ1) is 15.2. The summed E-state index contributed by atoms with van der Waals surface area (Å²) in [5.41, 5.74) is 6.91. The van der Waals surface area contributed by atoms with Crippen LogP contribution in [-0.2, 0) is 4.74 Å². The molecule has 2 atom stereocenters. The highest BCUT2D eigenvalue weighted by molar-refractivity contribution is 9.10. The molecule has 1 fully saturated rings. The molecule has 0 saturated carbocycles. The van der Waals surface area contributed by atoms with Crippen molar-refractivity contribution in [2.75, 3.05) is 18.9 Å². The largest absolute Gasteiger partial charge is 0.398 e. The summed E-state index contributed by atoms with van der Waals surface area (Å²) in [7, 11) is 0. The number of halogens is 1. The third kappa shape index (κ3) is 2.79. The number of aliphatic hydroxyl groups is 1. The van der Waals surface area contributed by atoms with Gasteiger partial charge in [-0.3, -0.25) is 9.78 Å². The molecule has 6 nitrogen and oxygen atoms in total. The lowest BCUT2D eigenvalue weighted by Gasteiger charge is -2.28. The lowest BCUT2D eigenvalue weighted by molar-refractivity contribution is -0.0260. The molecule has 2 aromatic rings. The number of aliphatic hydroxyl groups excluding tert-OH is 1. The standard InChI is InChI=1S/C15H16BrN3O3/c16-11-5-9(14(17)8-1-3-18-6-10(8)11)15(21)19-12-2-4-22-7-13(12)20/h1,3,5-6,12-13,20H,2,4,7,17H2,(H,19,21)/t12-,13-/m0/s1. The lowest BCUT2D eigenvalue weighted by atomic mass is 10.0. The number of carbonyl (C=O) groups excluding carboxylic acids is 1. The zero-order valence-electron chi connectivity index (χ0n) is 11.8. The first-order valence-corrected chi connectivity index (χ1v) is 7.75. The summed E-state index contributed by atoms with van der Waals surface area (Å²) < 4.78 is 5.91. The van der Waals surface area contributed by atoms with Gasteiger partial charge in [0.1, 0.15) is 0 Å². The summed E-state index contributed by atoms with van der Waals surface area (Å²) in [5, 5.41) is 14.3. The summed E-state index contributed by atoms with van der Waals surface area (Å²) in [5.74, 6) is -0.303. The van der Waals surface area contributed by atoms with Crippen LogP contribution in [-0.4, -0.2) is 41.4 Å². The quantitative estimate of drug-likeness (QED) is 0.700.